The average Bonchev–Trinajstić information content (AvgIpc) is 2.55. The highest BCUT2D eigenvalue weighted by Gasteiger charge is 2.31. The molecule has 1 heterocycles. The van der Waals surface area contributed by atoms with Crippen LogP contribution in [0.25, 0.3) is 0 Å². The average molecular weight is 338 g/mol. The fourth-order valence-corrected chi connectivity index (χ4v) is 4.29. The van der Waals surface area contributed by atoms with E-state index in [0.717, 1.165) is 6.07 Å². The van der Waals surface area contributed by atoms with E-state index >= 15 is 0 Å². The molecule has 2 rings (SSSR count). The van der Waals surface area contributed by atoms with Crippen LogP contribution >= 0.6 is 0 Å². The molecule has 0 spiro atoms. The molecule has 0 unspecified atom stereocenters. The molecule has 9 heteroatoms. The summed E-state index contributed by atoms with van der Waals surface area (Å²) < 4.78 is 27.0. The SMILES string of the molecule is CCc1ccc([N+](=O)[O-])cc1S(=O)(=O)N1CCN(CC#N)CC1. The van der Waals surface area contributed by atoms with Crippen LogP contribution in [0.4, 0.5) is 5.69 Å². The van der Waals surface area contributed by atoms with Crippen LogP contribution in [0.15, 0.2) is 23.1 Å². The molecule has 0 bridgehead atoms. The Kier molecular flexibility index (Phi) is 5.30. The number of nitro groups is 1. The van der Waals surface area contributed by atoms with E-state index in [4.69, 9.17) is 5.26 Å². The maximum Gasteiger partial charge on any atom is 0.270 e. The van der Waals surface area contributed by atoms with Gasteiger partial charge in [0, 0.05) is 38.3 Å². The Bertz CT molecular complexity index is 734. The van der Waals surface area contributed by atoms with Crippen molar-refractivity contribution in [2.24, 2.45) is 0 Å². The van der Waals surface area contributed by atoms with Gasteiger partial charge in [-0.3, -0.25) is 15.0 Å². The second-order valence-corrected chi connectivity index (χ2v) is 7.15. The van der Waals surface area contributed by atoms with Gasteiger partial charge in [0.15, 0.2) is 0 Å². The van der Waals surface area contributed by atoms with E-state index in [1.807, 2.05) is 17.9 Å². The summed E-state index contributed by atoms with van der Waals surface area (Å²) in [7, 11) is -3.78. The number of aryl methyl sites for hydroxylation is 1. The molecule has 0 amide bonds. The first-order chi connectivity index (χ1) is 10.9. The summed E-state index contributed by atoms with van der Waals surface area (Å²) >= 11 is 0. The largest absolute Gasteiger partial charge is 0.288 e. The molecular formula is C14H18N4O4S. The van der Waals surface area contributed by atoms with Crippen molar-refractivity contribution in [2.45, 2.75) is 18.2 Å². The molecule has 0 N–H and O–H groups in total. The van der Waals surface area contributed by atoms with Crippen molar-refractivity contribution in [3.8, 4) is 6.07 Å². The van der Waals surface area contributed by atoms with Gasteiger partial charge in [0.05, 0.1) is 22.4 Å². The van der Waals surface area contributed by atoms with Crippen molar-refractivity contribution < 1.29 is 13.3 Å². The lowest BCUT2D eigenvalue weighted by molar-refractivity contribution is -0.385. The van der Waals surface area contributed by atoms with Gasteiger partial charge in [-0.05, 0) is 12.0 Å². The third-order valence-corrected chi connectivity index (χ3v) is 5.87. The number of nitrogens with zero attached hydrogens (tertiary/aromatic N) is 4. The smallest absolute Gasteiger partial charge is 0.270 e. The highest BCUT2D eigenvalue weighted by molar-refractivity contribution is 7.89. The lowest BCUT2D eigenvalue weighted by Crippen LogP contribution is -2.48. The molecule has 1 fully saturated rings. The second kappa shape index (κ2) is 7.04. The van der Waals surface area contributed by atoms with Gasteiger partial charge in [-0.1, -0.05) is 13.0 Å². The van der Waals surface area contributed by atoms with Gasteiger partial charge in [-0.15, -0.1) is 0 Å². The molecule has 0 aliphatic carbocycles. The summed E-state index contributed by atoms with van der Waals surface area (Å²) in [5.74, 6) is 0. The molecule has 0 aromatic heterocycles. The molecule has 0 saturated carbocycles. The summed E-state index contributed by atoms with van der Waals surface area (Å²) in [6.07, 6.45) is 0.473. The van der Waals surface area contributed by atoms with E-state index in [2.05, 4.69) is 0 Å². The third-order valence-electron chi connectivity index (χ3n) is 3.89. The van der Waals surface area contributed by atoms with Crippen molar-refractivity contribution in [1.82, 2.24) is 9.21 Å². The van der Waals surface area contributed by atoms with Crippen LogP contribution in [0.3, 0.4) is 0 Å². The summed E-state index contributed by atoms with van der Waals surface area (Å²) in [6.45, 7) is 3.58. The molecule has 0 radical (unpaired) electrons. The van der Waals surface area contributed by atoms with Gasteiger partial charge in [-0.25, -0.2) is 8.42 Å². The summed E-state index contributed by atoms with van der Waals surface area (Å²) in [4.78, 5) is 12.2. The van der Waals surface area contributed by atoms with Crippen LogP contribution in [-0.4, -0.2) is 55.3 Å². The summed E-state index contributed by atoms with van der Waals surface area (Å²) in [6, 6.07) is 6.00. The van der Waals surface area contributed by atoms with Crippen LogP contribution in [0.1, 0.15) is 12.5 Å². The number of sulfonamides is 1. The van der Waals surface area contributed by atoms with Gasteiger partial charge < -0.3 is 0 Å². The Morgan fingerprint density at radius 3 is 2.48 bits per heavy atom. The molecule has 8 nitrogen and oxygen atoms in total. The predicted molar refractivity (Wildman–Crippen MR) is 83.3 cm³/mol. The molecular weight excluding hydrogens is 320 g/mol. The first kappa shape index (κ1) is 17.3. The van der Waals surface area contributed by atoms with Crippen molar-refractivity contribution >= 4 is 15.7 Å². The lowest BCUT2D eigenvalue weighted by atomic mass is 10.1. The zero-order chi connectivity index (χ0) is 17.0. The predicted octanol–water partition coefficient (Wildman–Crippen LogP) is 0.987. The standard InChI is InChI=1S/C14H18N4O4S/c1-2-12-3-4-13(18(19)20)11-14(12)23(21,22)17-9-7-16(6-5-15)8-10-17/h3-4,11H,2,6-10H2,1H3. The molecule has 1 aliphatic heterocycles. The van der Waals surface area contributed by atoms with E-state index in [9.17, 15) is 18.5 Å². The van der Waals surface area contributed by atoms with E-state index in [1.165, 1.54) is 16.4 Å². The number of rotatable bonds is 5. The zero-order valence-electron chi connectivity index (χ0n) is 12.8. The zero-order valence-corrected chi connectivity index (χ0v) is 13.6. The quantitative estimate of drug-likeness (QED) is 0.450. The Morgan fingerprint density at radius 2 is 1.96 bits per heavy atom. The fraction of sp³-hybridized carbons (Fsp3) is 0.500. The minimum Gasteiger partial charge on any atom is -0.288 e. The number of nitriles is 1. The van der Waals surface area contributed by atoms with Crippen LogP contribution < -0.4 is 0 Å². The summed E-state index contributed by atoms with van der Waals surface area (Å²) in [5, 5.41) is 19.6. The van der Waals surface area contributed by atoms with Gasteiger partial charge >= 0.3 is 0 Å². The lowest BCUT2D eigenvalue weighted by Gasteiger charge is -2.32. The van der Waals surface area contributed by atoms with Crippen molar-refractivity contribution in [3.05, 3.63) is 33.9 Å². The highest BCUT2D eigenvalue weighted by Crippen LogP contribution is 2.26. The molecule has 1 saturated heterocycles. The highest BCUT2D eigenvalue weighted by atomic mass is 32.2. The Labute approximate surface area is 135 Å². The van der Waals surface area contributed by atoms with Crippen molar-refractivity contribution in [1.29, 1.82) is 5.26 Å². The molecule has 23 heavy (non-hydrogen) atoms. The number of nitro benzene ring substituents is 1. The van der Waals surface area contributed by atoms with Gasteiger partial charge in [-0.2, -0.15) is 9.57 Å². The Morgan fingerprint density at radius 1 is 1.30 bits per heavy atom. The van der Waals surface area contributed by atoms with Crippen LogP contribution in [0.5, 0.6) is 0 Å². The first-order valence-electron chi connectivity index (χ1n) is 7.27. The van der Waals surface area contributed by atoms with Crippen LogP contribution in [0, 0.1) is 21.4 Å². The molecule has 124 valence electrons. The maximum absolute atomic E-state index is 12.8. The van der Waals surface area contributed by atoms with E-state index in [1.54, 1.807) is 0 Å². The summed E-state index contributed by atoms with van der Waals surface area (Å²) in [5.41, 5.74) is 0.332. The Hall–Kier alpha value is -2.02. The van der Waals surface area contributed by atoms with Gasteiger partial charge in [0.1, 0.15) is 0 Å². The molecule has 1 aromatic rings. The normalized spacial score (nSPS) is 16.9. The van der Waals surface area contributed by atoms with Crippen molar-refractivity contribution in [2.75, 3.05) is 32.7 Å². The van der Waals surface area contributed by atoms with E-state index in [0.29, 0.717) is 25.1 Å². The molecule has 1 aliphatic rings. The fourth-order valence-electron chi connectivity index (χ4n) is 2.56. The first-order valence-corrected chi connectivity index (χ1v) is 8.71. The van der Waals surface area contributed by atoms with E-state index in [-0.39, 0.29) is 30.2 Å². The number of hydrogen-bond donors (Lipinski definition) is 0. The number of benzene rings is 1. The monoisotopic (exact) mass is 338 g/mol. The second-order valence-electron chi connectivity index (χ2n) is 5.24. The molecule has 0 atom stereocenters. The van der Waals surface area contributed by atoms with Crippen LogP contribution in [0.2, 0.25) is 0 Å². The minimum absolute atomic E-state index is 0.00272. The minimum atomic E-state index is -3.78. The van der Waals surface area contributed by atoms with Crippen molar-refractivity contribution in [3.63, 3.8) is 0 Å². The Balaban J connectivity index is 2.31. The number of piperazine rings is 1. The molecule has 1 aromatic carbocycles. The van der Waals surface area contributed by atoms with Gasteiger partial charge in [0.2, 0.25) is 10.0 Å². The third kappa shape index (κ3) is 3.67. The maximum atomic E-state index is 12.8. The van der Waals surface area contributed by atoms with Gasteiger partial charge in [0.25, 0.3) is 5.69 Å². The number of hydrogen-bond acceptors (Lipinski definition) is 6. The van der Waals surface area contributed by atoms with Crippen LogP contribution in [-0.2, 0) is 16.4 Å². The number of non-ortho nitro benzene ring substituents is 1. The van der Waals surface area contributed by atoms with E-state index < -0.39 is 14.9 Å². The topological polar surface area (TPSA) is 108 Å².